The molecule has 0 aromatic heterocycles. The van der Waals surface area contributed by atoms with E-state index in [-0.39, 0.29) is 23.0 Å². The third-order valence-corrected chi connectivity index (χ3v) is 2.22. The first-order valence-corrected chi connectivity index (χ1v) is 5.35. The van der Waals surface area contributed by atoms with Gasteiger partial charge in [0.1, 0.15) is 5.76 Å². The SMILES string of the molecule is CC(=O)/C(N=Nc1ccc(C(C)=O)cc1)=C(\C)O. The van der Waals surface area contributed by atoms with E-state index >= 15 is 0 Å². The highest BCUT2D eigenvalue weighted by Crippen LogP contribution is 2.16. The van der Waals surface area contributed by atoms with Crippen molar-refractivity contribution in [3.63, 3.8) is 0 Å². The van der Waals surface area contributed by atoms with E-state index < -0.39 is 0 Å². The molecule has 0 aliphatic carbocycles. The van der Waals surface area contributed by atoms with E-state index in [0.717, 1.165) is 0 Å². The second kappa shape index (κ2) is 5.86. The van der Waals surface area contributed by atoms with Gasteiger partial charge in [0.15, 0.2) is 17.3 Å². The molecule has 0 aliphatic rings. The van der Waals surface area contributed by atoms with E-state index in [1.165, 1.54) is 20.8 Å². The molecule has 0 spiro atoms. The Hall–Kier alpha value is -2.30. The Morgan fingerprint density at radius 2 is 1.61 bits per heavy atom. The van der Waals surface area contributed by atoms with Crippen LogP contribution in [0.5, 0.6) is 0 Å². The molecule has 1 aromatic carbocycles. The number of hydrogen-bond donors (Lipinski definition) is 1. The smallest absolute Gasteiger partial charge is 0.183 e. The van der Waals surface area contributed by atoms with Gasteiger partial charge in [0, 0.05) is 12.5 Å². The van der Waals surface area contributed by atoms with Gasteiger partial charge >= 0.3 is 0 Å². The highest BCUT2D eigenvalue weighted by molar-refractivity contribution is 5.94. The third-order valence-electron chi connectivity index (χ3n) is 2.22. The van der Waals surface area contributed by atoms with E-state index in [1.54, 1.807) is 24.3 Å². The van der Waals surface area contributed by atoms with Gasteiger partial charge in [-0.05, 0) is 38.1 Å². The molecular formula is C13H14N2O3. The molecule has 0 fully saturated rings. The van der Waals surface area contributed by atoms with Gasteiger partial charge in [-0.3, -0.25) is 9.59 Å². The molecule has 5 nitrogen and oxygen atoms in total. The molecule has 0 atom stereocenters. The minimum absolute atomic E-state index is 0.0333. The molecule has 1 rings (SSSR count). The minimum atomic E-state index is -0.362. The van der Waals surface area contributed by atoms with Crippen LogP contribution in [0.1, 0.15) is 31.1 Å². The number of Topliss-reactive ketones (excluding diaryl/α,β-unsaturated/α-hetero) is 2. The Bertz CT molecular complexity index is 524. The van der Waals surface area contributed by atoms with Crippen LogP contribution in [-0.4, -0.2) is 16.7 Å². The second-order valence-electron chi connectivity index (χ2n) is 3.79. The molecule has 0 bridgehead atoms. The number of carbonyl (C=O) groups is 2. The lowest BCUT2D eigenvalue weighted by Crippen LogP contribution is -1.96. The summed E-state index contributed by atoms with van der Waals surface area (Å²) in [6.45, 7) is 4.14. The second-order valence-corrected chi connectivity index (χ2v) is 3.79. The maximum absolute atomic E-state index is 11.1. The molecule has 0 saturated heterocycles. The van der Waals surface area contributed by atoms with Gasteiger partial charge < -0.3 is 5.11 Å². The van der Waals surface area contributed by atoms with Crippen LogP contribution in [0.25, 0.3) is 0 Å². The topological polar surface area (TPSA) is 79.1 Å². The first-order valence-electron chi connectivity index (χ1n) is 5.35. The van der Waals surface area contributed by atoms with E-state index in [4.69, 9.17) is 0 Å². The number of carbonyl (C=O) groups excluding carboxylic acids is 2. The monoisotopic (exact) mass is 246 g/mol. The lowest BCUT2D eigenvalue weighted by atomic mass is 10.1. The fourth-order valence-corrected chi connectivity index (χ4v) is 1.27. The Labute approximate surface area is 105 Å². The van der Waals surface area contributed by atoms with Crippen LogP contribution in [0, 0.1) is 0 Å². The van der Waals surface area contributed by atoms with Crippen molar-refractivity contribution < 1.29 is 14.7 Å². The number of azo groups is 1. The van der Waals surface area contributed by atoms with Crippen LogP contribution in [0.3, 0.4) is 0 Å². The Morgan fingerprint density at radius 1 is 1.06 bits per heavy atom. The summed E-state index contributed by atoms with van der Waals surface area (Å²) in [5.41, 5.74) is 1.00. The fraction of sp³-hybridized carbons (Fsp3) is 0.231. The van der Waals surface area contributed by atoms with Crippen LogP contribution in [0.15, 0.2) is 46.0 Å². The first kappa shape index (κ1) is 13.8. The molecule has 18 heavy (non-hydrogen) atoms. The summed E-state index contributed by atoms with van der Waals surface area (Å²) in [5, 5.41) is 16.8. The zero-order valence-corrected chi connectivity index (χ0v) is 10.5. The molecule has 0 amide bonds. The molecule has 0 saturated carbocycles. The molecule has 0 unspecified atom stereocenters. The third kappa shape index (κ3) is 3.62. The van der Waals surface area contributed by atoms with Crippen molar-refractivity contribution in [3.05, 3.63) is 41.3 Å². The minimum Gasteiger partial charge on any atom is -0.510 e. The average Bonchev–Trinajstić information content (AvgIpc) is 2.28. The summed E-state index contributed by atoms with van der Waals surface area (Å²) >= 11 is 0. The number of ketones is 2. The van der Waals surface area contributed by atoms with Crippen molar-refractivity contribution in [1.29, 1.82) is 0 Å². The number of benzene rings is 1. The van der Waals surface area contributed by atoms with Crippen molar-refractivity contribution in [1.82, 2.24) is 0 Å². The predicted molar refractivity (Wildman–Crippen MR) is 67.0 cm³/mol. The summed E-state index contributed by atoms with van der Waals surface area (Å²) in [6, 6.07) is 6.48. The first-order chi connectivity index (χ1) is 8.41. The van der Waals surface area contributed by atoms with E-state index in [1.807, 2.05) is 0 Å². The van der Waals surface area contributed by atoms with Crippen molar-refractivity contribution >= 4 is 17.3 Å². The molecule has 94 valence electrons. The summed E-state index contributed by atoms with van der Waals surface area (Å²) in [4.78, 5) is 22.2. The van der Waals surface area contributed by atoms with Gasteiger partial charge in [-0.15, -0.1) is 5.11 Å². The maximum atomic E-state index is 11.1. The quantitative estimate of drug-likeness (QED) is 0.383. The molecule has 0 heterocycles. The molecule has 1 N–H and O–H groups in total. The number of allylic oxidation sites excluding steroid dienone is 2. The predicted octanol–water partition coefficient (Wildman–Crippen LogP) is 3.35. The Morgan fingerprint density at radius 3 is 2.00 bits per heavy atom. The van der Waals surface area contributed by atoms with E-state index in [9.17, 15) is 14.7 Å². The Kier molecular flexibility index (Phi) is 4.48. The van der Waals surface area contributed by atoms with Gasteiger partial charge in [-0.2, -0.15) is 5.11 Å². The van der Waals surface area contributed by atoms with Crippen LogP contribution in [-0.2, 0) is 4.79 Å². The highest BCUT2D eigenvalue weighted by atomic mass is 16.3. The maximum Gasteiger partial charge on any atom is 0.183 e. The van der Waals surface area contributed by atoms with E-state index in [0.29, 0.717) is 11.3 Å². The number of aliphatic hydroxyl groups is 1. The number of rotatable bonds is 4. The van der Waals surface area contributed by atoms with Crippen molar-refractivity contribution in [2.75, 3.05) is 0 Å². The van der Waals surface area contributed by atoms with Gasteiger partial charge in [-0.1, -0.05) is 0 Å². The summed E-state index contributed by atoms with van der Waals surface area (Å²) in [7, 11) is 0. The van der Waals surface area contributed by atoms with Crippen LogP contribution in [0.2, 0.25) is 0 Å². The van der Waals surface area contributed by atoms with Gasteiger partial charge in [0.05, 0.1) is 5.69 Å². The molecule has 1 aromatic rings. The highest BCUT2D eigenvalue weighted by Gasteiger charge is 2.06. The molecule has 5 heteroatoms. The number of nitrogens with zero attached hydrogens (tertiary/aromatic N) is 2. The largest absolute Gasteiger partial charge is 0.510 e. The molecule has 0 radical (unpaired) electrons. The zero-order valence-electron chi connectivity index (χ0n) is 10.5. The van der Waals surface area contributed by atoms with Crippen molar-refractivity contribution in [2.24, 2.45) is 10.2 Å². The summed E-state index contributed by atoms with van der Waals surface area (Å²) in [6.07, 6.45) is 0. The van der Waals surface area contributed by atoms with Gasteiger partial charge in [-0.25, -0.2) is 0 Å². The molecular weight excluding hydrogens is 232 g/mol. The Balaban J connectivity index is 2.94. The zero-order chi connectivity index (χ0) is 13.7. The van der Waals surface area contributed by atoms with Gasteiger partial charge in [0.2, 0.25) is 0 Å². The van der Waals surface area contributed by atoms with Crippen LogP contribution < -0.4 is 0 Å². The molecule has 0 aliphatic heterocycles. The van der Waals surface area contributed by atoms with Crippen LogP contribution >= 0.6 is 0 Å². The van der Waals surface area contributed by atoms with Crippen molar-refractivity contribution in [2.45, 2.75) is 20.8 Å². The number of hydrogen-bond acceptors (Lipinski definition) is 5. The lowest BCUT2D eigenvalue weighted by Gasteiger charge is -1.98. The number of aliphatic hydroxyl groups excluding tert-OH is 1. The fourth-order valence-electron chi connectivity index (χ4n) is 1.27. The lowest BCUT2D eigenvalue weighted by molar-refractivity contribution is -0.113. The van der Waals surface area contributed by atoms with Crippen molar-refractivity contribution in [3.8, 4) is 0 Å². The van der Waals surface area contributed by atoms with Crippen LogP contribution in [0.4, 0.5) is 5.69 Å². The standard InChI is InChI=1S/C13H14N2O3/c1-8(16)11-4-6-12(7-5-11)14-15-13(9(2)17)10(3)18/h4-7,17H,1-3H3/b13-9-,15-14?. The average molecular weight is 246 g/mol. The van der Waals surface area contributed by atoms with Gasteiger partial charge in [0.25, 0.3) is 0 Å². The summed E-state index contributed by atoms with van der Waals surface area (Å²) < 4.78 is 0. The van der Waals surface area contributed by atoms with E-state index in [2.05, 4.69) is 10.2 Å². The normalized spacial score (nSPS) is 12.4. The summed E-state index contributed by atoms with van der Waals surface area (Å²) in [5.74, 6) is -0.570.